The van der Waals surface area contributed by atoms with Gasteiger partial charge in [0.25, 0.3) is 0 Å². The van der Waals surface area contributed by atoms with E-state index >= 15 is 0 Å². The van der Waals surface area contributed by atoms with Crippen LogP contribution in [0.5, 0.6) is 0 Å². The van der Waals surface area contributed by atoms with Gasteiger partial charge in [-0.05, 0) is 106 Å². The zero-order valence-corrected chi connectivity index (χ0v) is 26.7. The van der Waals surface area contributed by atoms with Crippen molar-refractivity contribution < 1.29 is 0 Å². The van der Waals surface area contributed by atoms with Crippen molar-refractivity contribution in [1.82, 2.24) is 4.57 Å². The van der Waals surface area contributed by atoms with Gasteiger partial charge < -0.3 is 4.57 Å². The highest BCUT2D eigenvalue weighted by molar-refractivity contribution is 6.28. The van der Waals surface area contributed by atoms with Gasteiger partial charge in [0.1, 0.15) is 0 Å². The lowest BCUT2D eigenvalue weighted by atomic mass is 9.85. The third-order valence-corrected chi connectivity index (χ3v) is 10.7. The van der Waals surface area contributed by atoms with E-state index in [-0.39, 0.29) is 0 Å². The zero-order chi connectivity index (χ0) is 32.1. The summed E-state index contributed by atoms with van der Waals surface area (Å²) >= 11 is 0. The van der Waals surface area contributed by atoms with Crippen LogP contribution in [0, 0.1) is 0 Å². The summed E-state index contributed by atoms with van der Waals surface area (Å²) in [4.78, 5) is 0. The molecule has 0 aliphatic carbocycles. The molecule has 226 valence electrons. The summed E-state index contributed by atoms with van der Waals surface area (Å²) in [6.45, 7) is 0. The molecular formula is C48H29N. The smallest absolute Gasteiger partial charge is 0.0541 e. The maximum absolute atomic E-state index is 2.41. The first-order valence-corrected chi connectivity index (χ1v) is 17.0. The maximum atomic E-state index is 2.41. The number of hydrogen-bond acceptors (Lipinski definition) is 0. The molecule has 0 aliphatic rings. The third-order valence-electron chi connectivity index (χ3n) is 10.7. The molecule has 0 unspecified atom stereocenters. The molecule has 1 aromatic heterocycles. The van der Waals surface area contributed by atoms with E-state index in [0.717, 1.165) is 0 Å². The van der Waals surface area contributed by atoms with E-state index in [0.29, 0.717) is 0 Å². The lowest BCUT2D eigenvalue weighted by Crippen LogP contribution is -1.94. The molecule has 49 heavy (non-hydrogen) atoms. The second kappa shape index (κ2) is 10.0. The zero-order valence-electron chi connectivity index (χ0n) is 26.7. The summed E-state index contributed by atoms with van der Waals surface area (Å²) in [5.74, 6) is 0. The number of rotatable bonds is 3. The van der Waals surface area contributed by atoms with Crippen LogP contribution in [-0.2, 0) is 0 Å². The normalized spacial score (nSPS) is 12.1. The van der Waals surface area contributed by atoms with Gasteiger partial charge in [0.05, 0.1) is 11.0 Å². The standard InChI is InChI=1S/C48H29N/c1-2-13-35-33(10-1)29-44(38-15-4-3-14-37(35)38)39-25-21-31-22-26-42-36(24-20-30-23-27-43(39)48(31)47(30)42)32-11-9-12-34(28-32)49-45-18-7-5-16-40(45)41-17-6-8-19-46(41)49/h1-29H. The van der Waals surface area contributed by atoms with Gasteiger partial charge in [0.15, 0.2) is 0 Å². The number of para-hydroxylation sites is 2. The molecule has 0 bridgehead atoms. The van der Waals surface area contributed by atoms with Crippen LogP contribution in [0.4, 0.5) is 0 Å². The first kappa shape index (κ1) is 26.6. The number of aromatic nitrogens is 1. The quantitative estimate of drug-likeness (QED) is 0.173. The lowest BCUT2D eigenvalue weighted by Gasteiger charge is -2.18. The SMILES string of the molecule is c1cc(-c2ccc3ccc4c(-c5cc6ccccc6c6ccccc56)ccc5ccc2c3c54)cc(-n2c3ccccc3c3ccccc32)c1. The van der Waals surface area contributed by atoms with Gasteiger partial charge in [0.2, 0.25) is 0 Å². The van der Waals surface area contributed by atoms with Gasteiger partial charge in [-0.2, -0.15) is 0 Å². The second-order valence-corrected chi connectivity index (χ2v) is 13.3. The molecule has 0 saturated heterocycles. The fraction of sp³-hybridized carbons (Fsp3) is 0. The monoisotopic (exact) mass is 619 g/mol. The molecule has 0 aliphatic heterocycles. The Morgan fingerprint density at radius 2 is 0.837 bits per heavy atom. The Labute approximate surface area is 283 Å². The molecular weight excluding hydrogens is 591 g/mol. The predicted octanol–water partition coefficient (Wildman–Crippen LogP) is 13.3. The van der Waals surface area contributed by atoms with Crippen LogP contribution in [-0.4, -0.2) is 4.57 Å². The molecule has 0 radical (unpaired) electrons. The minimum Gasteiger partial charge on any atom is -0.309 e. The van der Waals surface area contributed by atoms with E-state index in [1.165, 1.54) is 104 Å². The van der Waals surface area contributed by atoms with Gasteiger partial charge >= 0.3 is 0 Å². The van der Waals surface area contributed by atoms with Crippen molar-refractivity contribution >= 4 is 75.7 Å². The van der Waals surface area contributed by atoms with E-state index in [1.54, 1.807) is 0 Å². The molecule has 10 aromatic carbocycles. The summed E-state index contributed by atoms with van der Waals surface area (Å²) < 4.78 is 2.41. The van der Waals surface area contributed by atoms with Gasteiger partial charge in [-0.25, -0.2) is 0 Å². The summed E-state index contributed by atoms with van der Waals surface area (Å²) in [5.41, 5.74) is 8.67. The van der Waals surface area contributed by atoms with Crippen LogP contribution in [0.3, 0.4) is 0 Å². The van der Waals surface area contributed by atoms with Crippen molar-refractivity contribution in [1.29, 1.82) is 0 Å². The minimum atomic E-state index is 1.17. The maximum Gasteiger partial charge on any atom is 0.0541 e. The number of benzene rings is 10. The highest BCUT2D eigenvalue weighted by atomic mass is 15.0. The Balaban J connectivity index is 1.16. The van der Waals surface area contributed by atoms with E-state index in [9.17, 15) is 0 Å². The van der Waals surface area contributed by atoms with Gasteiger partial charge in [-0.15, -0.1) is 0 Å². The highest BCUT2D eigenvalue weighted by Crippen LogP contribution is 2.45. The molecule has 0 amide bonds. The van der Waals surface area contributed by atoms with Crippen molar-refractivity contribution in [3.05, 3.63) is 176 Å². The van der Waals surface area contributed by atoms with E-state index in [4.69, 9.17) is 0 Å². The molecule has 1 heteroatoms. The molecule has 0 saturated carbocycles. The largest absolute Gasteiger partial charge is 0.309 e. The number of fused-ring (bicyclic) bond motifs is 6. The summed E-state index contributed by atoms with van der Waals surface area (Å²) in [6.07, 6.45) is 0. The van der Waals surface area contributed by atoms with E-state index in [2.05, 4.69) is 180 Å². The van der Waals surface area contributed by atoms with Crippen molar-refractivity contribution in [3.8, 4) is 27.9 Å². The van der Waals surface area contributed by atoms with Crippen LogP contribution in [0.15, 0.2) is 176 Å². The average molecular weight is 620 g/mol. The predicted molar refractivity (Wildman–Crippen MR) is 210 cm³/mol. The van der Waals surface area contributed by atoms with Crippen molar-refractivity contribution in [3.63, 3.8) is 0 Å². The van der Waals surface area contributed by atoms with Gasteiger partial charge in [0, 0.05) is 16.5 Å². The van der Waals surface area contributed by atoms with Crippen LogP contribution < -0.4 is 0 Å². The molecule has 11 rings (SSSR count). The highest BCUT2D eigenvalue weighted by Gasteiger charge is 2.18. The molecule has 0 N–H and O–H groups in total. The summed E-state index contributed by atoms with van der Waals surface area (Å²) in [5, 5.41) is 15.5. The molecule has 0 spiro atoms. The Hall–Kier alpha value is -6.44. The second-order valence-electron chi connectivity index (χ2n) is 13.3. The van der Waals surface area contributed by atoms with Crippen molar-refractivity contribution in [2.75, 3.05) is 0 Å². The Morgan fingerprint density at radius 3 is 1.55 bits per heavy atom. The van der Waals surface area contributed by atoms with E-state index < -0.39 is 0 Å². The van der Waals surface area contributed by atoms with Crippen molar-refractivity contribution in [2.45, 2.75) is 0 Å². The van der Waals surface area contributed by atoms with E-state index in [1.807, 2.05) is 0 Å². The van der Waals surface area contributed by atoms with Crippen LogP contribution in [0.25, 0.3) is 104 Å². The Bertz CT molecular complexity index is 3050. The Morgan fingerprint density at radius 1 is 0.286 bits per heavy atom. The third kappa shape index (κ3) is 3.76. The fourth-order valence-corrected chi connectivity index (χ4v) is 8.58. The molecule has 11 aromatic rings. The minimum absolute atomic E-state index is 1.17. The summed E-state index contributed by atoms with van der Waals surface area (Å²) in [6, 6.07) is 65.1. The first-order valence-electron chi connectivity index (χ1n) is 17.0. The van der Waals surface area contributed by atoms with Gasteiger partial charge in [-0.1, -0.05) is 146 Å². The lowest BCUT2D eigenvalue weighted by molar-refractivity contribution is 1.18. The van der Waals surface area contributed by atoms with Crippen LogP contribution in [0.2, 0.25) is 0 Å². The molecule has 1 heterocycles. The Kier molecular flexibility index (Phi) is 5.45. The number of nitrogens with zero attached hydrogens (tertiary/aromatic N) is 1. The first-order chi connectivity index (χ1) is 24.3. The van der Waals surface area contributed by atoms with Crippen LogP contribution in [0.1, 0.15) is 0 Å². The van der Waals surface area contributed by atoms with Gasteiger partial charge in [-0.3, -0.25) is 0 Å². The van der Waals surface area contributed by atoms with Crippen LogP contribution >= 0.6 is 0 Å². The number of hydrogen-bond donors (Lipinski definition) is 0. The van der Waals surface area contributed by atoms with Crippen molar-refractivity contribution in [2.24, 2.45) is 0 Å². The molecule has 1 nitrogen and oxygen atoms in total. The topological polar surface area (TPSA) is 4.93 Å². The average Bonchev–Trinajstić information content (AvgIpc) is 3.51. The fourth-order valence-electron chi connectivity index (χ4n) is 8.58. The molecule has 0 fully saturated rings. The molecule has 0 atom stereocenters. The summed E-state index contributed by atoms with van der Waals surface area (Å²) in [7, 11) is 0.